The lowest BCUT2D eigenvalue weighted by atomic mass is 9.53. The van der Waals surface area contributed by atoms with Crippen molar-refractivity contribution in [2.24, 2.45) is 17.3 Å². The zero-order valence-corrected chi connectivity index (χ0v) is 31.6. The first-order valence-electron chi connectivity index (χ1n) is 18.6. The average Bonchev–Trinajstić information content (AvgIpc) is 3.67. The van der Waals surface area contributed by atoms with Gasteiger partial charge in [0.15, 0.2) is 0 Å². The summed E-state index contributed by atoms with van der Waals surface area (Å²) in [7, 11) is 0. The number of ether oxygens (including phenoxy) is 2. The highest BCUT2D eigenvalue weighted by Gasteiger charge is 2.63. The summed E-state index contributed by atoms with van der Waals surface area (Å²) in [5, 5.41) is 22.4. The Morgan fingerprint density at radius 1 is 0.750 bits per heavy atom. The third-order valence-corrected chi connectivity index (χ3v) is 9.85. The van der Waals surface area contributed by atoms with Gasteiger partial charge in [0, 0.05) is 26.2 Å². The summed E-state index contributed by atoms with van der Waals surface area (Å²) in [5.41, 5.74) is 0.469. The lowest BCUT2D eigenvalue weighted by Crippen LogP contribution is -2.63. The Bertz CT molecular complexity index is 2110. The van der Waals surface area contributed by atoms with Gasteiger partial charge in [0.25, 0.3) is 5.95 Å². The van der Waals surface area contributed by atoms with Crippen molar-refractivity contribution in [3.05, 3.63) is 120 Å². The van der Waals surface area contributed by atoms with Gasteiger partial charge in [0.05, 0.1) is 17.3 Å². The summed E-state index contributed by atoms with van der Waals surface area (Å²) < 4.78 is 12.3. The Balaban J connectivity index is 1.24. The number of nitrogens with one attached hydrogen (secondary N) is 1. The Kier molecular flexibility index (Phi) is 12.4. The number of para-hydroxylation sites is 2. The van der Waals surface area contributed by atoms with E-state index in [9.17, 15) is 24.3 Å². The molecule has 0 spiro atoms. The first-order valence-corrected chi connectivity index (χ1v) is 18.6. The zero-order valence-electron chi connectivity index (χ0n) is 31.6. The second kappa shape index (κ2) is 17.7. The van der Waals surface area contributed by atoms with E-state index in [1.165, 1.54) is 0 Å². The number of hydrogen-bond donors (Lipinski definition) is 2. The fraction of sp³-hybridized carbons (Fsp3) is 0.310. The molecular formula is C42H45N7O7. The van der Waals surface area contributed by atoms with Crippen molar-refractivity contribution in [3.8, 4) is 23.0 Å². The van der Waals surface area contributed by atoms with Gasteiger partial charge in [0.1, 0.15) is 23.0 Å². The molecule has 1 heterocycles. The van der Waals surface area contributed by atoms with Gasteiger partial charge >= 0.3 is 6.09 Å². The molecule has 0 unspecified atom stereocenters. The lowest BCUT2D eigenvalue weighted by Gasteiger charge is -2.52. The molecule has 14 nitrogen and oxygen atoms in total. The van der Waals surface area contributed by atoms with Gasteiger partial charge in [-0.3, -0.25) is 19.7 Å². The van der Waals surface area contributed by atoms with E-state index < -0.39 is 35.2 Å². The van der Waals surface area contributed by atoms with Gasteiger partial charge < -0.3 is 24.4 Å². The maximum atomic E-state index is 14.8. The summed E-state index contributed by atoms with van der Waals surface area (Å²) in [6.07, 6.45) is -0.133. The second-order valence-electron chi connectivity index (χ2n) is 14.0. The molecule has 1 aliphatic rings. The van der Waals surface area contributed by atoms with Crippen LogP contribution in [0.1, 0.15) is 51.2 Å². The van der Waals surface area contributed by atoms with E-state index in [-0.39, 0.29) is 31.3 Å². The van der Waals surface area contributed by atoms with Crippen molar-refractivity contribution < 1.29 is 33.8 Å². The number of nitrogens with zero attached hydrogens (tertiary/aromatic N) is 6. The van der Waals surface area contributed by atoms with Crippen LogP contribution in [0.3, 0.4) is 0 Å². The monoisotopic (exact) mass is 759 g/mol. The van der Waals surface area contributed by atoms with E-state index in [1.54, 1.807) is 16.7 Å². The molecule has 5 aromatic rings. The molecule has 3 amide bonds. The number of carboxylic acid groups (broad SMARTS) is 1. The lowest BCUT2D eigenvalue weighted by molar-refractivity contribution is -0.174. The first-order chi connectivity index (χ1) is 27.1. The Hall–Kier alpha value is -6.57. The highest BCUT2D eigenvalue weighted by Crippen LogP contribution is 2.53. The number of carbonyl (C=O) groups is 4. The molecule has 6 rings (SSSR count). The molecule has 0 radical (unpaired) electrons. The van der Waals surface area contributed by atoms with E-state index in [0.717, 1.165) is 11.1 Å². The van der Waals surface area contributed by atoms with Crippen molar-refractivity contribution in [1.82, 2.24) is 30.0 Å². The molecule has 1 fully saturated rings. The Morgan fingerprint density at radius 2 is 1.23 bits per heavy atom. The largest absolute Gasteiger partial charge is 0.463 e. The third-order valence-electron chi connectivity index (χ3n) is 9.85. The minimum atomic E-state index is -1.49. The number of benzene rings is 4. The van der Waals surface area contributed by atoms with E-state index in [1.807, 2.05) is 123 Å². The Labute approximate surface area is 325 Å². The molecular weight excluding hydrogens is 715 g/mol. The number of tetrazole rings is 1. The topological polar surface area (TPSA) is 169 Å². The van der Waals surface area contributed by atoms with Crippen LogP contribution in [0.15, 0.2) is 109 Å². The number of hydrogen-bond acceptors (Lipinski definition) is 9. The minimum absolute atomic E-state index is 0.0538. The quantitative estimate of drug-likeness (QED) is 0.0978. The SMILES string of the molecule is CCCN(Cc1ccc(Oc2ccccc2)cc1)C(=O)[C@@H]1[C@H](C(=O)Nc2nnnn2C(=O)O)C[C@@]1(C)C(=O)N(CCC)Cc1ccc(Oc2ccccc2)cc1. The summed E-state index contributed by atoms with van der Waals surface area (Å²) in [4.78, 5) is 58.4. The van der Waals surface area contributed by atoms with Gasteiger partial charge in [-0.2, -0.15) is 0 Å². The van der Waals surface area contributed by atoms with Crippen molar-refractivity contribution in [2.75, 3.05) is 18.4 Å². The number of amides is 3. The number of carbonyl (C=O) groups excluding carboxylic acids is 3. The summed E-state index contributed by atoms with van der Waals surface area (Å²) in [6.45, 7) is 7.00. The van der Waals surface area contributed by atoms with Gasteiger partial charge in [-0.25, -0.2) is 4.79 Å². The molecule has 1 aromatic heterocycles. The van der Waals surface area contributed by atoms with Crippen molar-refractivity contribution in [2.45, 2.75) is 53.1 Å². The molecule has 1 aliphatic carbocycles. The average molecular weight is 760 g/mol. The maximum absolute atomic E-state index is 14.8. The van der Waals surface area contributed by atoms with E-state index in [2.05, 4.69) is 20.8 Å². The summed E-state index contributed by atoms with van der Waals surface area (Å²) in [5.74, 6) is -0.971. The van der Waals surface area contributed by atoms with E-state index in [0.29, 0.717) is 53.6 Å². The van der Waals surface area contributed by atoms with Crippen LogP contribution < -0.4 is 14.8 Å². The molecule has 0 bridgehead atoms. The molecule has 290 valence electrons. The number of anilines is 1. The molecule has 3 atom stereocenters. The van der Waals surface area contributed by atoms with Crippen molar-refractivity contribution in [1.29, 1.82) is 0 Å². The van der Waals surface area contributed by atoms with Crippen LogP contribution in [0, 0.1) is 17.3 Å². The second-order valence-corrected chi connectivity index (χ2v) is 14.0. The normalized spacial score (nSPS) is 17.3. The predicted octanol–water partition coefficient (Wildman–Crippen LogP) is 7.24. The smallest absolute Gasteiger partial charge is 0.436 e. The molecule has 2 N–H and O–H groups in total. The standard InChI is InChI=1S/C42H45N7O7/c1-4-24-47(27-29-16-20-33(21-17-29)55-31-12-8-6-9-13-31)38(51)36-35(37(50)43-40-44-45-46-49(40)41(53)54)26-42(36,3)39(52)48(25-5-2)28-30-18-22-34(23-19-30)56-32-14-10-7-11-15-32/h6-23,35-36H,4-5,24-28H2,1-3H3,(H,53,54)(H,43,44,46,50)/t35-,36+,42-/m1/s1. The predicted molar refractivity (Wildman–Crippen MR) is 207 cm³/mol. The number of rotatable bonds is 16. The van der Waals surface area contributed by atoms with Crippen LogP contribution in [0.25, 0.3) is 0 Å². The summed E-state index contributed by atoms with van der Waals surface area (Å²) >= 11 is 0. The van der Waals surface area contributed by atoms with Crippen LogP contribution >= 0.6 is 0 Å². The third kappa shape index (κ3) is 9.03. The molecule has 14 heteroatoms. The Morgan fingerprint density at radius 3 is 1.73 bits per heavy atom. The fourth-order valence-corrected chi connectivity index (χ4v) is 7.12. The van der Waals surface area contributed by atoms with Crippen LogP contribution in [-0.4, -0.2) is 72.0 Å². The van der Waals surface area contributed by atoms with Crippen LogP contribution in [0.5, 0.6) is 23.0 Å². The van der Waals surface area contributed by atoms with Crippen LogP contribution in [-0.2, 0) is 27.5 Å². The number of aromatic nitrogens is 4. The van der Waals surface area contributed by atoms with Crippen LogP contribution in [0.4, 0.5) is 10.7 Å². The minimum Gasteiger partial charge on any atom is -0.463 e. The van der Waals surface area contributed by atoms with Crippen LogP contribution in [0.2, 0.25) is 0 Å². The summed E-state index contributed by atoms with van der Waals surface area (Å²) in [6, 6.07) is 33.8. The van der Waals surface area contributed by atoms with Crippen molar-refractivity contribution in [3.63, 3.8) is 0 Å². The first kappa shape index (κ1) is 39.1. The van der Waals surface area contributed by atoms with Gasteiger partial charge in [-0.15, -0.1) is 4.68 Å². The molecule has 0 aliphatic heterocycles. The zero-order chi connectivity index (χ0) is 39.7. The van der Waals surface area contributed by atoms with E-state index >= 15 is 0 Å². The highest BCUT2D eigenvalue weighted by molar-refractivity contribution is 6.01. The van der Waals surface area contributed by atoms with Crippen molar-refractivity contribution >= 4 is 29.8 Å². The molecule has 56 heavy (non-hydrogen) atoms. The van der Waals surface area contributed by atoms with Gasteiger partial charge in [0.2, 0.25) is 17.7 Å². The molecule has 0 saturated heterocycles. The molecule has 4 aromatic carbocycles. The molecule has 1 saturated carbocycles. The maximum Gasteiger partial charge on any atom is 0.436 e. The van der Waals surface area contributed by atoms with E-state index in [4.69, 9.17) is 9.47 Å². The van der Waals surface area contributed by atoms with Gasteiger partial charge in [-0.05, 0) is 96.3 Å². The fourth-order valence-electron chi connectivity index (χ4n) is 7.12. The van der Waals surface area contributed by atoms with Gasteiger partial charge in [-0.1, -0.05) is 79.6 Å². The highest BCUT2D eigenvalue weighted by atomic mass is 16.5.